The fourth-order valence-corrected chi connectivity index (χ4v) is 3.22. The maximum atomic E-state index is 4.44. The molecule has 2 nitrogen and oxygen atoms in total. The van der Waals surface area contributed by atoms with Crippen LogP contribution in [0.2, 0.25) is 0 Å². The van der Waals surface area contributed by atoms with Gasteiger partial charge in [-0.25, -0.2) is 0 Å². The number of benzene rings is 1. The molecule has 0 bridgehead atoms. The van der Waals surface area contributed by atoms with Crippen molar-refractivity contribution in [1.82, 2.24) is 10.3 Å². The predicted octanol–water partition coefficient (Wildman–Crippen LogP) is 4.00. The summed E-state index contributed by atoms with van der Waals surface area (Å²) in [6, 6.07) is 15.0. The van der Waals surface area contributed by atoms with Gasteiger partial charge < -0.3 is 5.32 Å². The Bertz CT molecular complexity index is 656. The van der Waals surface area contributed by atoms with Gasteiger partial charge in [0, 0.05) is 16.5 Å². The lowest BCUT2D eigenvalue weighted by atomic mass is 10.00. The van der Waals surface area contributed by atoms with Gasteiger partial charge in [-0.3, -0.25) is 4.98 Å². The highest BCUT2D eigenvalue weighted by atomic mass is 32.1. The van der Waals surface area contributed by atoms with Crippen molar-refractivity contribution in [3.8, 4) is 0 Å². The molecule has 3 heteroatoms. The lowest BCUT2D eigenvalue weighted by molar-refractivity contribution is 0.643. The summed E-state index contributed by atoms with van der Waals surface area (Å²) >= 11 is 1.79. The maximum Gasteiger partial charge on any atom is 0.0705 e. The predicted molar refractivity (Wildman–Crippen MR) is 81.6 cm³/mol. The largest absolute Gasteiger partial charge is 0.306 e. The number of fused-ring (bicyclic) bond motifs is 1. The van der Waals surface area contributed by atoms with Gasteiger partial charge in [0.2, 0.25) is 0 Å². The fraction of sp³-hybridized carbons (Fsp3) is 0.188. The Kier molecular flexibility index (Phi) is 3.58. The monoisotopic (exact) mass is 268 g/mol. The van der Waals surface area contributed by atoms with Crippen LogP contribution in [0.4, 0.5) is 0 Å². The molecule has 0 aliphatic heterocycles. The van der Waals surface area contributed by atoms with Crippen molar-refractivity contribution < 1.29 is 0 Å². The van der Waals surface area contributed by atoms with E-state index in [1.165, 1.54) is 15.8 Å². The van der Waals surface area contributed by atoms with Gasteiger partial charge in [0.25, 0.3) is 0 Å². The Labute approximate surface area is 117 Å². The Balaban J connectivity index is 2.15. The summed E-state index contributed by atoms with van der Waals surface area (Å²) in [6.45, 7) is 3.09. The van der Waals surface area contributed by atoms with Crippen LogP contribution in [0.5, 0.6) is 0 Å². The van der Waals surface area contributed by atoms with Gasteiger partial charge in [-0.15, -0.1) is 11.3 Å². The van der Waals surface area contributed by atoms with E-state index in [2.05, 4.69) is 59.0 Å². The molecule has 0 spiro atoms. The zero-order chi connectivity index (χ0) is 13.1. The van der Waals surface area contributed by atoms with Crippen LogP contribution in [0.3, 0.4) is 0 Å². The smallest absolute Gasteiger partial charge is 0.0705 e. The summed E-state index contributed by atoms with van der Waals surface area (Å²) in [7, 11) is 0. The van der Waals surface area contributed by atoms with Gasteiger partial charge in [0.15, 0.2) is 0 Å². The molecule has 2 heterocycles. The Morgan fingerprint density at radius 2 is 2.11 bits per heavy atom. The normalized spacial score (nSPS) is 12.7. The molecule has 0 aliphatic rings. The Morgan fingerprint density at radius 1 is 1.16 bits per heavy atom. The molecule has 1 unspecified atom stereocenters. The summed E-state index contributed by atoms with van der Waals surface area (Å²) in [5.74, 6) is 0. The standard InChI is InChI=1S/C16H16N2S/c1-2-17-16(15-9-5-11-19-15)13-6-3-8-14-12(13)7-4-10-18-14/h3-11,16-17H,2H2,1H3. The highest BCUT2D eigenvalue weighted by Crippen LogP contribution is 2.30. The van der Waals surface area contributed by atoms with Crippen LogP contribution >= 0.6 is 11.3 Å². The summed E-state index contributed by atoms with van der Waals surface area (Å²) in [5, 5.41) is 6.93. The minimum atomic E-state index is 0.248. The van der Waals surface area contributed by atoms with Gasteiger partial charge in [-0.05, 0) is 35.7 Å². The lowest BCUT2D eigenvalue weighted by Gasteiger charge is -2.18. The highest BCUT2D eigenvalue weighted by molar-refractivity contribution is 7.10. The van der Waals surface area contributed by atoms with Gasteiger partial charge in [-0.1, -0.05) is 31.2 Å². The molecule has 19 heavy (non-hydrogen) atoms. The number of hydrogen-bond donors (Lipinski definition) is 1. The second-order valence-electron chi connectivity index (χ2n) is 4.42. The van der Waals surface area contributed by atoms with Crippen LogP contribution in [-0.2, 0) is 0 Å². The first kappa shape index (κ1) is 12.3. The molecule has 2 aromatic heterocycles. The van der Waals surface area contributed by atoms with Gasteiger partial charge in [0.05, 0.1) is 11.6 Å². The number of hydrogen-bond acceptors (Lipinski definition) is 3. The number of aromatic nitrogens is 1. The van der Waals surface area contributed by atoms with E-state index in [0.29, 0.717) is 0 Å². The third-order valence-electron chi connectivity index (χ3n) is 3.23. The molecule has 0 radical (unpaired) electrons. The topological polar surface area (TPSA) is 24.9 Å². The second-order valence-corrected chi connectivity index (χ2v) is 5.40. The van der Waals surface area contributed by atoms with E-state index in [4.69, 9.17) is 0 Å². The third-order valence-corrected chi connectivity index (χ3v) is 4.16. The van der Waals surface area contributed by atoms with E-state index in [9.17, 15) is 0 Å². The van der Waals surface area contributed by atoms with E-state index in [1.807, 2.05) is 12.3 Å². The van der Waals surface area contributed by atoms with Gasteiger partial charge in [0.1, 0.15) is 0 Å². The summed E-state index contributed by atoms with van der Waals surface area (Å²) in [4.78, 5) is 5.79. The van der Waals surface area contributed by atoms with Crippen LogP contribution < -0.4 is 5.32 Å². The maximum absolute atomic E-state index is 4.44. The van der Waals surface area contributed by atoms with Crippen molar-refractivity contribution in [1.29, 1.82) is 0 Å². The van der Waals surface area contributed by atoms with E-state index in [1.54, 1.807) is 11.3 Å². The molecule has 1 atom stereocenters. The highest BCUT2D eigenvalue weighted by Gasteiger charge is 2.16. The third kappa shape index (κ3) is 2.39. The molecule has 1 N–H and O–H groups in total. The van der Waals surface area contributed by atoms with Crippen LogP contribution in [-0.4, -0.2) is 11.5 Å². The van der Waals surface area contributed by atoms with Crippen molar-refractivity contribution in [2.45, 2.75) is 13.0 Å². The zero-order valence-corrected chi connectivity index (χ0v) is 11.7. The number of thiophene rings is 1. The van der Waals surface area contributed by atoms with Crippen molar-refractivity contribution in [3.63, 3.8) is 0 Å². The molecule has 0 fully saturated rings. The van der Waals surface area contributed by atoms with Gasteiger partial charge in [-0.2, -0.15) is 0 Å². The molecule has 0 saturated heterocycles. The average molecular weight is 268 g/mol. The number of rotatable bonds is 4. The quantitative estimate of drug-likeness (QED) is 0.773. The van der Waals surface area contributed by atoms with Crippen LogP contribution in [0.15, 0.2) is 54.0 Å². The number of nitrogens with zero attached hydrogens (tertiary/aromatic N) is 1. The van der Waals surface area contributed by atoms with Crippen LogP contribution in [0.1, 0.15) is 23.4 Å². The molecule has 0 saturated carbocycles. The van der Waals surface area contributed by atoms with Crippen molar-refractivity contribution >= 4 is 22.2 Å². The average Bonchev–Trinajstić information content (AvgIpc) is 2.98. The number of nitrogens with one attached hydrogen (secondary N) is 1. The number of pyridine rings is 1. The lowest BCUT2D eigenvalue weighted by Crippen LogP contribution is -2.21. The van der Waals surface area contributed by atoms with Gasteiger partial charge >= 0.3 is 0 Å². The van der Waals surface area contributed by atoms with Crippen molar-refractivity contribution in [2.75, 3.05) is 6.54 Å². The van der Waals surface area contributed by atoms with E-state index >= 15 is 0 Å². The summed E-state index contributed by atoms with van der Waals surface area (Å²) < 4.78 is 0. The Morgan fingerprint density at radius 3 is 2.89 bits per heavy atom. The minimum absolute atomic E-state index is 0.248. The van der Waals surface area contributed by atoms with E-state index in [-0.39, 0.29) is 6.04 Å². The van der Waals surface area contributed by atoms with Crippen molar-refractivity contribution in [3.05, 3.63) is 64.5 Å². The van der Waals surface area contributed by atoms with Crippen LogP contribution in [0, 0.1) is 0 Å². The molecule has 1 aromatic carbocycles. The SMILES string of the molecule is CCNC(c1cccs1)c1cccc2ncccc12. The Hall–Kier alpha value is -1.71. The first-order chi connectivity index (χ1) is 9.40. The molecule has 96 valence electrons. The van der Waals surface area contributed by atoms with Crippen LogP contribution in [0.25, 0.3) is 10.9 Å². The second kappa shape index (κ2) is 5.51. The first-order valence-electron chi connectivity index (χ1n) is 6.50. The molecular weight excluding hydrogens is 252 g/mol. The summed E-state index contributed by atoms with van der Waals surface area (Å²) in [6.07, 6.45) is 1.85. The zero-order valence-electron chi connectivity index (χ0n) is 10.8. The molecule has 3 aromatic rings. The van der Waals surface area contributed by atoms with Crippen molar-refractivity contribution in [2.24, 2.45) is 0 Å². The molecule has 0 amide bonds. The van der Waals surface area contributed by atoms with E-state index < -0.39 is 0 Å². The van der Waals surface area contributed by atoms with E-state index in [0.717, 1.165) is 12.1 Å². The minimum Gasteiger partial charge on any atom is -0.306 e. The fourth-order valence-electron chi connectivity index (χ4n) is 2.40. The molecular formula is C16H16N2S. The summed E-state index contributed by atoms with van der Waals surface area (Å²) in [5.41, 5.74) is 2.36. The molecule has 3 rings (SSSR count). The first-order valence-corrected chi connectivity index (χ1v) is 7.38. The molecule has 0 aliphatic carbocycles.